The fourth-order valence-corrected chi connectivity index (χ4v) is 4.04. The van der Waals surface area contributed by atoms with Gasteiger partial charge in [0.1, 0.15) is 4.90 Å². The largest absolute Gasteiger partial charge is 0.396 e. The van der Waals surface area contributed by atoms with Gasteiger partial charge in [0.25, 0.3) is 0 Å². The van der Waals surface area contributed by atoms with Crippen molar-refractivity contribution in [3.63, 3.8) is 0 Å². The molecular weight excluding hydrogens is 292 g/mol. The normalized spacial score (nSPS) is 18.2. The Kier molecular flexibility index (Phi) is 4.90. The van der Waals surface area contributed by atoms with E-state index in [1.165, 1.54) is 6.20 Å². The maximum Gasteiger partial charge on any atom is 0.245 e. The van der Waals surface area contributed by atoms with Gasteiger partial charge < -0.3 is 10.8 Å². The zero-order valence-corrected chi connectivity index (χ0v) is 13.2. The Labute approximate surface area is 125 Å². The summed E-state index contributed by atoms with van der Waals surface area (Å²) in [5.74, 6) is 0.0143. The van der Waals surface area contributed by atoms with Crippen molar-refractivity contribution in [3.8, 4) is 0 Å². The molecule has 0 aromatic carbocycles. The van der Waals surface area contributed by atoms with E-state index in [-0.39, 0.29) is 29.3 Å². The number of hydrogen-bond donors (Lipinski definition) is 3. The molecule has 0 unspecified atom stereocenters. The summed E-state index contributed by atoms with van der Waals surface area (Å²) in [6, 6.07) is 0. The number of hydrogen-bond acceptors (Lipinski definition) is 5. The van der Waals surface area contributed by atoms with Gasteiger partial charge in [0.15, 0.2) is 5.82 Å². The lowest BCUT2D eigenvalue weighted by atomic mass is 9.88. The zero-order valence-electron chi connectivity index (χ0n) is 12.4. The van der Waals surface area contributed by atoms with E-state index in [1.807, 2.05) is 6.92 Å². The molecule has 2 rings (SSSR count). The van der Waals surface area contributed by atoms with Crippen LogP contribution in [-0.2, 0) is 16.6 Å². The highest BCUT2D eigenvalue weighted by Crippen LogP contribution is 2.37. The Balaban J connectivity index is 2.11. The van der Waals surface area contributed by atoms with Crippen molar-refractivity contribution < 1.29 is 13.5 Å². The van der Waals surface area contributed by atoms with Crippen LogP contribution >= 0.6 is 0 Å². The molecule has 0 saturated heterocycles. The molecule has 8 heteroatoms. The number of nitrogens with two attached hydrogens (primary N) is 1. The second-order valence-electron chi connectivity index (χ2n) is 5.83. The first-order chi connectivity index (χ1) is 9.92. The molecular formula is C13H24N4O3S. The van der Waals surface area contributed by atoms with Crippen LogP contribution in [0.1, 0.15) is 39.0 Å². The van der Waals surface area contributed by atoms with Crippen molar-refractivity contribution in [3.05, 3.63) is 6.20 Å². The molecule has 0 aliphatic heterocycles. The van der Waals surface area contributed by atoms with Crippen LogP contribution in [0, 0.1) is 5.41 Å². The Morgan fingerprint density at radius 3 is 2.71 bits per heavy atom. The smallest absolute Gasteiger partial charge is 0.245 e. The standard InChI is InChI=1S/C13H24N4O3S/c1-2-7-17-8-11(12(14)16-17)21(19,20)15-9-13(10-18)5-3-4-6-13/h8,15,18H,2-7,9-10H2,1H3,(H2,14,16). The van der Waals surface area contributed by atoms with Gasteiger partial charge in [-0.05, 0) is 19.3 Å². The monoisotopic (exact) mass is 316 g/mol. The lowest BCUT2D eigenvalue weighted by molar-refractivity contribution is 0.134. The van der Waals surface area contributed by atoms with Gasteiger partial charge in [-0.25, -0.2) is 13.1 Å². The van der Waals surface area contributed by atoms with Gasteiger partial charge in [0, 0.05) is 31.3 Å². The Hall–Kier alpha value is -1.12. The molecule has 1 saturated carbocycles. The minimum Gasteiger partial charge on any atom is -0.396 e. The molecule has 1 fully saturated rings. The number of aromatic nitrogens is 2. The highest BCUT2D eigenvalue weighted by Gasteiger charge is 2.35. The number of nitrogens with zero attached hydrogens (tertiary/aromatic N) is 2. The van der Waals surface area contributed by atoms with Gasteiger partial charge in [-0.15, -0.1) is 0 Å². The van der Waals surface area contributed by atoms with E-state index in [0.717, 1.165) is 32.1 Å². The first-order valence-corrected chi connectivity index (χ1v) is 8.84. The number of aryl methyl sites for hydroxylation is 1. The fraction of sp³-hybridized carbons (Fsp3) is 0.769. The maximum absolute atomic E-state index is 12.4. The van der Waals surface area contributed by atoms with Crippen molar-refractivity contribution in [1.29, 1.82) is 0 Å². The number of anilines is 1. The summed E-state index contributed by atoms with van der Waals surface area (Å²) in [6.07, 6.45) is 6.05. The number of nitrogens with one attached hydrogen (secondary N) is 1. The third-order valence-corrected chi connectivity index (χ3v) is 5.55. The van der Waals surface area contributed by atoms with Gasteiger partial charge in [0.05, 0.1) is 0 Å². The van der Waals surface area contributed by atoms with Crippen molar-refractivity contribution in [2.75, 3.05) is 18.9 Å². The first-order valence-electron chi connectivity index (χ1n) is 7.36. The van der Waals surface area contributed by atoms with Gasteiger partial charge >= 0.3 is 0 Å². The number of aliphatic hydroxyl groups excluding tert-OH is 1. The molecule has 0 radical (unpaired) electrons. The molecule has 0 atom stereocenters. The molecule has 21 heavy (non-hydrogen) atoms. The first kappa shape index (κ1) is 16.3. The van der Waals surface area contributed by atoms with E-state index in [4.69, 9.17) is 5.73 Å². The van der Waals surface area contributed by atoms with E-state index in [2.05, 4.69) is 9.82 Å². The van der Waals surface area contributed by atoms with Crippen LogP contribution in [0.3, 0.4) is 0 Å². The number of aliphatic hydroxyl groups is 1. The van der Waals surface area contributed by atoms with Crippen molar-refractivity contribution in [2.45, 2.75) is 50.5 Å². The molecule has 120 valence electrons. The molecule has 7 nitrogen and oxygen atoms in total. The summed E-state index contributed by atoms with van der Waals surface area (Å²) in [6.45, 7) is 2.85. The van der Waals surface area contributed by atoms with Crippen LogP contribution in [0.4, 0.5) is 5.82 Å². The molecule has 1 aromatic rings. The predicted octanol–water partition coefficient (Wildman–Crippen LogP) is 0.706. The summed E-state index contributed by atoms with van der Waals surface area (Å²) < 4.78 is 28.8. The molecule has 0 spiro atoms. The Bertz CT molecular complexity index is 576. The minimum atomic E-state index is -3.69. The van der Waals surface area contributed by atoms with Crippen LogP contribution in [-0.4, -0.2) is 36.5 Å². The minimum absolute atomic E-state index is 0.0000980. The van der Waals surface area contributed by atoms with Crippen molar-refractivity contribution in [2.24, 2.45) is 5.41 Å². The van der Waals surface area contributed by atoms with Gasteiger partial charge in [0.2, 0.25) is 10.0 Å². The van der Waals surface area contributed by atoms with Crippen LogP contribution in [0.5, 0.6) is 0 Å². The molecule has 0 bridgehead atoms. The topological polar surface area (TPSA) is 110 Å². The zero-order chi connectivity index (χ0) is 15.5. The highest BCUT2D eigenvalue weighted by atomic mass is 32.2. The average Bonchev–Trinajstić information content (AvgIpc) is 3.05. The van der Waals surface area contributed by atoms with Crippen LogP contribution < -0.4 is 10.5 Å². The van der Waals surface area contributed by atoms with Gasteiger partial charge in [-0.2, -0.15) is 5.10 Å². The summed E-state index contributed by atoms with van der Waals surface area (Å²) in [5, 5.41) is 13.5. The second-order valence-corrected chi connectivity index (χ2v) is 7.57. The second kappa shape index (κ2) is 6.33. The summed E-state index contributed by atoms with van der Waals surface area (Å²) in [5.41, 5.74) is 5.37. The molecule has 4 N–H and O–H groups in total. The SMILES string of the molecule is CCCn1cc(S(=O)(=O)NCC2(CO)CCCC2)c(N)n1. The lowest BCUT2D eigenvalue weighted by Crippen LogP contribution is -2.38. The molecule has 1 aliphatic carbocycles. The number of nitrogen functional groups attached to an aromatic ring is 1. The van der Waals surface area contributed by atoms with E-state index in [9.17, 15) is 13.5 Å². The van der Waals surface area contributed by atoms with E-state index >= 15 is 0 Å². The van der Waals surface area contributed by atoms with E-state index in [0.29, 0.717) is 6.54 Å². The maximum atomic E-state index is 12.4. The van der Waals surface area contributed by atoms with Crippen molar-refractivity contribution >= 4 is 15.8 Å². The summed E-state index contributed by atoms with van der Waals surface area (Å²) >= 11 is 0. The Morgan fingerprint density at radius 2 is 2.14 bits per heavy atom. The van der Waals surface area contributed by atoms with Gasteiger partial charge in [-0.3, -0.25) is 4.68 Å². The number of rotatable bonds is 7. The Morgan fingerprint density at radius 1 is 1.48 bits per heavy atom. The van der Waals surface area contributed by atoms with E-state index in [1.54, 1.807) is 4.68 Å². The van der Waals surface area contributed by atoms with E-state index < -0.39 is 10.0 Å². The molecule has 1 aliphatic rings. The quantitative estimate of drug-likeness (QED) is 0.686. The fourth-order valence-electron chi connectivity index (χ4n) is 2.81. The predicted molar refractivity (Wildman–Crippen MR) is 80.1 cm³/mol. The molecule has 1 aromatic heterocycles. The number of sulfonamides is 1. The van der Waals surface area contributed by atoms with Crippen LogP contribution in [0.15, 0.2) is 11.1 Å². The highest BCUT2D eigenvalue weighted by molar-refractivity contribution is 7.89. The average molecular weight is 316 g/mol. The third kappa shape index (κ3) is 3.56. The summed E-state index contributed by atoms with van der Waals surface area (Å²) in [4.78, 5) is 0.0158. The van der Waals surface area contributed by atoms with Gasteiger partial charge in [-0.1, -0.05) is 19.8 Å². The third-order valence-electron chi connectivity index (χ3n) is 4.13. The summed E-state index contributed by atoms with van der Waals surface area (Å²) in [7, 11) is -3.69. The molecule has 1 heterocycles. The van der Waals surface area contributed by atoms with Crippen LogP contribution in [0.2, 0.25) is 0 Å². The van der Waals surface area contributed by atoms with Crippen LogP contribution in [0.25, 0.3) is 0 Å². The molecule has 0 amide bonds. The van der Waals surface area contributed by atoms with Crippen molar-refractivity contribution in [1.82, 2.24) is 14.5 Å². The lowest BCUT2D eigenvalue weighted by Gasteiger charge is -2.26.